The molecule has 1 heterocycles. The first-order valence-corrected chi connectivity index (χ1v) is 13.7. The van der Waals surface area contributed by atoms with Crippen molar-refractivity contribution in [1.82, 2.24) is 10.3 Å². The molecule has 40 heavy (non-hydrogen) atoms. The lowest BCUT2D eigenvalue weighted by Crippen LogP contribution is -2.30. The topological polar surface area (TPSA) is 100 Å². The number of carbonyl (C=O) groups excluding carboxylic acids is 3. The fraction of sp³-hybridized carbons (Fsp3) is 0.0667. The van der Waals surface area contributed by atoms with Crippen LogP contribution in [0.3, 0.4) is 0 Å². The highest BCUT2D eigenvalue weighted by atomic mass is 35.5. The normalized spacial score (nSPS) is 11.8. The Morgan fingerprint density at radius 2 is 1.50 bits per heavy atom. The van der Waals surface area contributed by atoms with E-state index in [1.165, 1.54) is 17.8 Å². The molecule has 10 heteroatoms. The van der Waals surface area contributed by atoms with E-state index in [4.69, 9.17) is 23.2 Å². The smallest absolute Gasteiger partial charge is 0.272 e. The first kappa shape index (κ1) is 28.9. The van der Waals surface area contributed by atoms with E-state index in [0.717, 1.165) is 4.90 Å². The monoisotopic (exact) mass is 590 g/mol. The fourth-order valence-electron chi connectivity index (χ4n) is 3.52. The summed E-state index contributed by atoms with van der Waals surface area (Å²) in [6, 6.07) is 24.0. The molecular weight excluding hydrogens is 567 g/mol. The molecule has 3 aromatic carbocycles. The number of benzene rings is 3. The molecule has 0 bridgehead atoms. The van der Waals surface area contributed by atoms with Gasteiger partial charge in [-0.1, -0.05) is 53.5 Å². The van der Waals surface area contributed by atoms with Gasteiger partial charge in [-0.3, -0.25) is 19.4 Å². The van der Waals surface area contributed by atoms with Crippen molar-refractivity contribution >= 4 is 70.1 Å². The average Bonchev–Trinajstić information content (AvgIpc) is 2.95. The molecule has 1 unspecified atom stereocenters. The molecule has 0 aliphatic carbocycles. The summed E-state index contributed by atoms with van der Waals surface area (Å²) < 4.78 is 0. The third-order valence-corrected chi connectivity index (χ3v) is 7.29. The molecule has 1 atom stereocenters. The van der Waals surface area contributed by atoms with E-state index in [-0.39, 0.29) is 11.6 Å². The van der Waals surface area contributed by atoms with Crippen molar-refractivity contribution in [3.05, 3.63) is 124 Å². The summed E-state index contributed by atoms with van der Waals surface area (Å²) in [6.45, 7) is 1.79. The molecule has 7 nitrogen and oxygen atoms in total. The first-order chi connectivity index (χ1) is 19.3. The standard InChI is InChI=1S/C30H24Cl2N4O3S/c1-19(28(37)34-21-13-15-33-16-14-21)40-23-10-5-9-22(17-23)35-30(39)27(18-24-25(31)11-6-12-26(24)32)36-29(38)20-7-3-2-4-8-20/h2-19H,1H3,(H,35,39)(H,36,38)(H,33,34,37)/b27-18+. The summed E-state index contributed by atoms with van der Waals surface area (Å²) in [5.41, 5.74) is 1.85. The third kappa shape index (κ3) is 7.95. The van der Waals surface area contributed by atoms with Gasteiger partial charge in [0, 0.05) is 49.8 Å². The summed E-state index contributed by atoms with van der Waals surface area (Å²) in [4.78, 5) is 43.6. The van der Waals surface area contributed by atoms with E-state index >= 15 is 0 Å². The quantitative estimate of drug-likeness (QED) is 0.145. The minimum absolute atomic E-state index is 0.0491. The zero-order valence-electron chi connectivity index (χ0n) is 21.2. The molecule has 0 radical (unpaired) electrons. The lowest BCUT2D eigenvalue weighted by Gasteiger charge is -2.14. The fourth-order valence-corrected chi connectivity index (χ4v) is 4.95. The van der Waals surface area contributed by atoms with E-state index < -0.39 is 17.1 Å². The van der Waals surface area contributed by atoms with Gasteiger partial charge in [0.1, 0.15) is 5.70 Å². The average molecular weight is 592 g/mol. The van der Waals surface area contributed by atoms with Crippen LogP contribution in [0.5, 0.6) is 0 Å². The van der Waals surface area contributed by atoms with Crippen molar-refractivity contribution in [2.45, 2.75) is 17.1 Å². The van der Waals surface area contributed by atoms with Crippen LogP contribution in [0, 0.1) is 0 Å². The largest absolute Gasteiger partial charge is 0.325 e. The van der Waals surface area contributed by atoms with Gasteiger partial charge in [0.05, 0.1) is 5.25 Å². The third-order valence-electron chi connectivity index (χ3n) is 5.54. The van der Waals surface area contributed by atoms with Crippen molar-refractivity contribution in [1.29, 1.82) is 0 Å². The highest BCUT2D eigenvalue weighted by molar-refractivity contribution is 8.00. The summed E-state index contributed by atoms with van der Waals surface area (Å²) >= 11 is 14.0. The van der Waals surface area contributed by atoms with E-state index in [1.54, 1.807) is 98.2 Å². The SMILES string of the molecule is CC(Sc1cccc(NC(=O)/C(=C\c2c(Cl)cccc2Cl)NC(=O)c2ccccc2)c1)C(=O)Nc1ccncc1. The molecule has 0 saturated carbocycles. The Morgan fingerprint density at radius 3 is 2.20 bits per heavy atom. The van der Waals surface area contributed by atoms with Gasteiger partial charge < -0.3 is 16.0 Å². The van der Waals surface area contributed by atoms with Crippen molar-refractivity contribution in [3.63, 3.8) is 0 Å². The van der Waals surface area contributed by atoms with Crippen LogP contribution in [0.15, 0.2) is 108 Å². The van der Waals surface area contributed by atoms with E-state index in [1.807, 2.05) is 6.07 Å². The molecule has 0 aliphatic rings. The lowest BCUT2D eigenvalue weighted by atomic mass is 10.1. The Labute approximate surface area is 246 Å². The molecule has 4 aromatic rings. The minimum atomic E-state index is -0.578. The van der Waals surface area contributed by atoms with Crippen LogP contribution in [0.2, 0.25) is 10.0 Å². The summed E-state index contributed by atoms with van der Waals surface area (Å²) in [5, 5.41) is 8.56. The number of halogens is 2. The molecule has 0 saturated heterocycles. The number of nitrogens with zero attached hydrogens (tertiary/aromatic N) is 1. The molecule has 0 fully saturated rings. The highest BCUT2D eigenvalue weighted by Gasteiger charge is 2.18. The number of amides is 3. The van der Waals surface area contributed by atoms with Crippen LogP contribution < -0.4 is 16.0 Å². The maximum atomic E-state index is 13.4. The zero-order valence-corrected chi connectivity index (χ0v) is 23.6. The lowest BCUT2D eigenvalue weighted by molar-refractivity contribution is -0.115. The van der Waals surface area contributed by atoms with Gasteiger partial charge in [0.25, 0.3) is 11.8 Å². The van der Waals surface area contributed by atoms with Gasteiger partial charge in [-0.25, -0.2) is 0 Å². The van der Waals surface area contributed by atoms with E-state index in [2.05, 4.69) is 20.9 Å². The number of thioether (sulfide) groups is 1. The molecule has 1 aromatic heterocycles. The highest BCUT2D eigenvalue weighted by Crippen LogP contribution is 2.28. The van der Waals surface area contributed by atoms with Crippen molar-refractivity contribution < 1.29 is 14.4 Å². The van der Waals surface area contributed by atoms with Gasteiger partial charge >= 0.3 is 0 Å². The Bertz CT molecular complexity index is 1530. The van der Waals surface area contributed by atoms with Crippen LogP contribution in [0.1, 0.15) is 22.8 Å². The predicted octanol–water partition coefficient (Wildman–Crippen LogP) is 6.92. The van der Waals surface area contributed by atoms with E-state index in [9.17, 15) is 14.4 Å². The number of anilines is 2. The Morgan fingerprint density at radius 1 is 0.825 bits per heavy atom. The second kappa shape index (κ2) is 13.8. The van der Waals surface area contributed by atoms with Crippen molar-refractivity contribution in [2.75, 3.05) is 10.6 Å². The number of aromatic nitrogens is 1. The first-order valence-electron chi connectivity index (χ1n) is 12.1. The summed E-state index contributed by atoms with van der Waals surface area (Å²) in [6.07, 6.45) is 4.64. The number of pyridine rings is 1. The van der Waals surface area contributed by atoms with Crippen molar-refractivity contribution in [2.24, 2.45) is 0 Å². The Balaban J connectivity index is 1.52. The van der Waals surface area contributed by atoms with Crippen LogP contribution in [-0.4, -0.2) is 28.0 Å². The molecule has 0 spiro atoms. The Kier molecular flexibility index (Phi) is 9.96. The molecule has 3 N–H and O–H groups in total. The maximum absolute atomic E-state index is 13.4. The number of nitrogens with one attached hydrogen (secondary N) is 3. The van der Waals surface area contributed by atoms with Crippen LogP contribution in [0.4, 0.5) is 11.4 Å². The summed E-state index contributed by atoms with van der Waals surface area (Å²) in [5.74, 6) is -1.22. The van der Waals surface area contributed by atoms with Crippen molar-refractivity contribution in [3.8, 4) is 0 Å². The van der Waals surface area contributed by atoms with Gasteiger partial charge in [0.15, 0.2) is 0 Å². The number of hydrogen-bond donors (Lipinski definition) is 3. The molecule has 0 aliphatic heterocycles. The minimum Gasteiger partial charge on any atom is -0.325 e. The predicted molar refractivity (Wildman–Crippen MR) is 162 cm³/mol. The second-order valence-electron chi connectivity index (χ2n) is 8.48. The zero-order chi connectivity index (χ0) is 28.5. The van der Waals surface area contributed by atoms with Gasteiger partial charge in [-0.05, 0) is 67.6 Å². The van der Waals surface area contributed by atoms with Gasteiger partial charge in [-0.15, -0.1) is 11.8 Å². The maximum Gasteiger partial charge on any atom is 0.272 e. The summed E-state index contributed by atoms with van der Waals surface area (Å²) in [7, 11) is 0. The number of hydrogen-bond acceptors (Lipinski definition) is 5. The van der Waals surface area contributed by atoms with E-state index in [0.29, 0.717) is 32.5 Å². The van der Waals surface area contributed by atoms with Gasteiger partial charge in [0.2, 0.25) is 5.91 Å². The van der Waals surface area contributed by atoms with Gasteiger partial charge in [-0.2, -0.15) is 0 Å². The van der Waals surface area contributed by atoms with Crippen LogP contribution in [0.25, 0.3) is 6.08 Å². The number of carbonyl (C=O) groups is 3. The van der Waals surface area contributed by atoms with Crippen LogP contribution in [-0.2, 0) is 9.59 Å². The molecule has 3 amide bonds. The second-order valence-corrected chi connectivity index (χ2v) is 10.7. The molecule has 4 rings (SSSR count). The molecular formula is C30H24Cl2N4O3S. The Hall–Kier alpha value is -4.11. The number of rotatable bonds is 9. The van der Waals surface area contributed by atoms with Crippen LogP contribution >= 0.6 is 35.0 Å². The molecule has 202 valence electrons.